The lowest BCUT2D eigenvalue weighted by Crippen LogP contribution is -2.20. The number of nitrogens with zero attached hydrogens (tertiary/aromatic N) is 4. The van der Waals surface area contributed by atoms with Crippen LogP contribution in [-0.2, 0) is 6.54 Å². The fourth-order valence-corrected chi connectivity index (χ4v) is 2.25. The van der Waals surface area contributed by atoms with Gasteiger partial charge in [-0.3, -0.25) is 0 Å². The van der Waals surface area contributed by atoms with Gasteiger partial charge < -0.3 is 14.6 Å². The second kappa shape index (κ2) is 5.40. The summed E-state index contributed by atoms with van der Waals surface area (Å²) in [4.78, 5) is 10.7. The summed E-state index contributed by atoms with van der Waals surface area (Å²) >= 11 is 0. The molecule has 0 aliphatic rings. The average molecular weight is 285 g/mol. The van der Waals surface area contributed by atoms with Crippen molar-refractivity contribution >= 4 is 17.3 Å². The zero-order chi connectivity index (χ0) is 14.8. The maximum Gasteiger partial charge on any atom is 0.180 e. The number of halogens is 1. The van der Waals surface area contributed by atoms with Crippen LogP contribution in [0.5, 0.6) is 0 Å². The Morgan fingerprint density at radius 1 is 1.33 bits per heavy atom. The zero-order valence-electron chi connectivity index (χ0n) is 11.9. The number of anilines is 2. The lowest BCUT2D eigenvalue weighted by Gasteiger charge is -2.20. The quantitative estimate of drug-likeness (QED) is 0.800. The Hall–Kier alpha value is -2.63. The number of imidazole rings is 1. The van der Waals surface area contributed by atoms with E-state index >= 15 is 0 Å². The summed E-state index contributed by atoms with van der Waals surface area (Å²) in [6.07, 6.45) is 5.44. The van der Waals surface area contributed by atoms with Gasteiger partial charge in [-0.1, -0.05) is 18.2 Å². The summed E-state index contributed by atoms with van der Waals surface area (Å²) in [5.74, 6) is 1.22. The lowest BCUT2D eigenvalue weighted by molar-refractivity contribution is 0.607. The molecule has 0 saturated heterocycles. The van der Waals surface area contributed by atoms with Crippen molar-refractivity contribution in [3.8, 4) is 0 Å². The molecule has 0 saturated carbocycles. The van der Waals surface area contributed by atoms with Crippen LogP contribution in [0.1, 0.15) is 5.56 Å². The predicted octanol–water partition coefficient (Wildman–Crippen LogP) is 2.55. The Kier molecular flexibility index (Phi) is 3.43. The second-order valence-corrected chi connectivity index (χ2v) is 4.81. The molecule has 0 atom stereocenters. The van der Waals surface area contributed by atoms with Gasteiger partial charge in [0.05, 0.1) is 6.20 Å². The third-order valence-corrected chi connectivity index (χ3v) is 3.34. The van der Waals surface area contributed by atoms with E-state index in [4.69, 9.17) is 0 Å². The minimum atomic E-state index is -0.214. The van der Waals surface area contributed by atoms with Gasteiger partial charge in [-0.25, -0.2) is 14.4 Å². The van der Waals surface area contributed by atoms with Gasteiger partial charge in [-0.15, -0.1) is 0 Å². The van der Waals surface area contributed by atoms with Crippen molar-refractivity contribution in [2.75, 3.05) is 24.3 Å². The monoisotopic (exact) mass is 285 g/mol. The van der Waals surface area contributed by atoms with E-state index in [0.717, 1.165) is 11.5 Å². The molecule has 0 unspecified atom stereocenters. The number of hydrogen-bond donors (Lipinski definition) is 1. The van der Waals surface area contributed by atoms with Gasteiger partial charge in [0.1, 0.15) is 11.6 Å². The smallest absolute Gasteiger partial charge is 0.180 e. The summed E-state index contributed by atoms with van der Waals surface area (Å²) in [5, 5.41) is 3.02. The molecule has 0 fully saturated rings. The summed E-state index contributed by atoms with van der Waals surface area (Å²) in [6.45, 7) is 0.426. The molecule has 0 amide bonds. The van der Waals surface area contributed by atoms with Crippen LogP contribution in [-0.4, -0.2) is 28.5 Å². The second-order valence-electron chi connectivity index (χ2n) is 4.81. The summed E-state index contributed by atoms with van der Waals surface area (Å²) in [6, 6.07) is 6.75. The van der Waals surface area contributed by atoms with Crippen molar-refractivity contribution in [2.45, 2.75) is 6.54 Å². The summed E-state index contributed by atoms with van der Waals surface area (Å²) in [7, 11) is 3.69. The van der Waals surface area contributed by atoms with E-state index < -0.39 is 0 Å². The fourth-order valence-electron chi connectivity index (χ4n) is 2.25. The maximum absolute atomic E-state index is 13.8. The molecule has 1 N–H and O–H groups in total. The van der Waals surface area contributed by atoms with E-state index in [2.05, 4.69) is 15.3 Å². The SMILES string of the molecule is CNc1cn2ccnc2c(N(C)Cc2ccccc2F)n1. The first-order valence-electron chi connectivity index (χ1n) is 6.65. The molecule has 2 heterocycles. The molecule has 2 aromatic heterocycles. The van der Waals surface area contributed by atoms with E-state index in [1.807, 2.05) is 41.9 Å². The van der Waals surface area contributed by atoms with Crippen molar-refractivity contribution in [1.29, 1.82) is 0 Å². The molecule has 0 aliphatic heterocycles. The molecule has 5 nitrogen and oxygen atoms in total. The number of fused-ring (bicyclic) bond motifs is 1. The van der Waals surface area contributed by atoms with E-state index in [0.29, 0.717) is 17.9 Å². The first-order chi connectivity index (χ1) is 10.2. The molecule has 3 aromatic rings. The van der Waals surface area contributed by atoms with Gasteiger partial charge in [0, 0.05) is 38.6 Å². The zero-order valence-corrected chi connectivity index (χ0v) is 11.9. The Bertz CT molecular complexity index is 768. The molecular weight excluding hydrogens is 269 g/mol. The van der Waals surface area contributed by atoms with E-state index in [1.54, 1.807) is 18.3 Å². The van der Waals surface area contributed by atoms with Gasteiger partial charge in [-0.2, -0.15) is 0 Å². The number of aromatic nitrogens is 3. The number of rotatable bonds is 4. The third kappa shape index (κ3) is 2.52. The minimum Gasteiger partial charge on any atom is -0.372 e. The highest BCUT2D eigenvalue weighted by atomic mass is 19.1. The highest BCUT2D eigenvalue weighted by Crippen LogP contribution is 2.21. The molecular formula is C15H16FN5. The van der Waals surface area contributed by atoms with Crippen molar-refractivity contribution < 1.29 is 4.39 Å². The molecule has 0 bridgehead atoms. The Balaban J connectivity index is 1.99. The molecule has 0 radical (unpaired) electrons. The standard InChI is InChI=1S/C15H16FN5/c1-17-13-10-21-8-7-18-14(21)15(19-13)20(2)9-11-5-3-4-6-12(11)16/h3-8,10,17H,9H2,1-2H3. The normalized spacial score (nSPS) is 10.8. The van der Waals surface area contributed by atoms with Crippen LogP contribution in [0, 0.1) is 5.82 Å². The Labute approximate surface area is 122 Å². The lowest BCUT2D eigenvalue weighted by atomic mass is 10.2. The molecule has 0 aliphatic carbocycles. The van der Waals surface area contributed by atoms with E-state index in [-0.39, 0.29) is 5.82 Å². The van der Waals surface area contributed by atoms with Crippen LogP contribution >= 0.6 is 0 Å². The fraction of sp³-hybridized carbons (Fsp3) is 0.200. The number of hydrogen-bond acceptors (Lipinski definition) is 4. The van der Waals surface area contributed by atoms with Gasteiger partial charge >= 0.3 is 0 Å². The van der Waals surface area contributed by atoms with Gasteiger partial charge in [0.2, 0.25) is 0 Å². The third-order valence-electron chi connectivity index (χ3n) is 3.34. The molecule has 21 heavy (non-hydrogen) atoms. The van der Waals surface area contributed by atoms with Crippen LogP contribution < -0.4 is 10.2 Å². The Morgan fingerprint density at radius 3 is 2.90 bits per heavy atom. The first-order valence-corrected chi connectivity index (χ1v) is 6.65. The average Bonchev–Trinajstić information content (AvgIpc) is 2.96. The van der Waals surface area contributed by atoms with Gasteiger partial charge in [-0.05, 0) is 6.07 Å². The van der Waals surface area contributed by atoms with Crippen LogP contribution in [0.2, 0.25) is 0 Å². The highest BCUT2D eigenvalue weighted by molar-refractivity contribution is 5.66. The van der Waals surface area contributed by atoms with Crippen molar-refractivity contribution in [1.82, 2.24) is 14.4 Å². The topological polar surface area (TPSA) is 45.5 Å². The molecule has 0 spiro atoms. The largest absolute Gasteiger partial charge is 0.372 e. The Morgan fingerprint density at radius 2 is 2.14 bits per heavy atom. The van der Waals surface area contributed by atoms with Crippen LogP contribution in [0.3, 0.4) is 0 Å². The summed E-state index contributed by atoms with van der Waals surface area (Å²) < 4.78 is 15.7. The van der Waals surface area contributed by atoms with Crippen LogP contribution in [0.25, 0.3) is 5.65 Å². The minimum absolute atomic E-state index is 0.214. The maximum atomic E-state index is 13.8. The van der Waals surface area contributed by atoms with Gasteiger partial charge in [0.25, 0.3) is 0 Å². The number of benzene rings is 1. The highest BCUT2D eigenvalue weighted by Gasteiger charge is 2.13. The molecule has 108 valence electrons. The summed E-state index contributed by atoms with van der Waals surface area (Å²) in [5.41, 5.74) is 1.37. The predicted molar refractivity (Wildman–Crippen MR) is 81.0 cm³/mol. The molecule has 1 aromatic carbocycles. The van der Waals surface area contributed by atoms with Crippen LogP contribution in [0.15, 0.2) is 42.9 Å². The van der Waals surface area contributed by atoms with Crippen molar-refractivity contribution in [2.24, 2.45) is 0 Å². The van der Waals surface area contributed by atoms with Gasteiger partial charge in [0.15, 0.2) is 11.5 Å². The van der Waals surface area contributed by atoms with Crippen molar-refractivity contribution in [3.63, 3.8) is 0 Å². The first kappa shape index (κ1) is 13.4. The van der Waals surface area contributed by atoms with Crippen LogP contribution in [0.4, 0.5) is 16.0 Å². The molecule has 3 rings (SSSR count). The van der Waals surface area contributed by atoms with E-state index in [1.165, 1.54) is 6.07 Å². The van der Waals surface area contributed by atoms with Crippen molar-refractivity contribution in [3.05, 3.63) is 54.2 Å². The van der Waals surface area contributed by atoms with E-state index in [9.17, 15) is 4.39 Å². The molecule has 6 heteroatoms. The number of nitrogens with one attached hydrogen (secondary N) is 1.